The van der Waals surface area contributed by atoms with Gasteiger partial charge in [0.05, 0.1) is 11.1 Å². The minimum Gasteiger partial charge on any atom is -0.459 e. The SMILES string of the molecule is CC(C)[C@@H](ON1C(=O)c2ccccc2C1=O)C(=O)OCc1ccccc1. The van der Waals surface area contributed by atoms with E-state index in [-0.39, 0.29) is 23.7 Å². The number of esters is 1. The van der Waals surface area contributed by atoms with E-state index in [2.05, 4.69) is 0 Å². The Hall–Kier alpha value is -2.99. The molecule has 0 radical (unpaired) electrons. The largest absolute Gasteiger partial charge is 0.459 e. The molecule has 1 heterocycles. The van der Waals surface area contributed by atoms with Gasteiger partial charge in [-0.15, -0.1) is 5.06 Å². The van der Waals surface area contributed by atoms with Crippen molar-refractivity contribution in [2.75, 3.05) is 0 Å². The Morgan fingerprint density at radius 2 is 1.46 bits per heavy atom. The van der Waals surface area contributed by atoms with Gasteiger partial charge in [0.15, 0.2) is 6.10 Å². The molecule has 0 saturated heterocycles. The molecule has 0 saturated carbocycles. The molecule has 6 nitrogen and oxygen atoms in total. The molecule has 2 aromatic rings. The van der Waals surface area contributed by atoms with Gasteiger partial charge in [0.2, 0.25) is 0 Å². The average molecular weight is 353 g/mol. The quantitative estimate of drug-likeness (QED) is 0.590. The highest BCUT2D eigenvalue weighted by atomic mass is 16.7. The summed E-state index contributed by atoms with van der Waals surface area (Å²) in [6.07, 6.45) is -1.07. The first-order valence-electron chi connectivity index (χ1n) is 8.34. The predicted octanol–water partition coefficient (Wildman–Crippen LogP) is 2.98. The van der Waals surface area contributed by atoms with Gasteiger partial charge in [0.25, 0.3) is 11.8 Å². The van der Waals surface area contributed by atoms with Crippen LogP contribution in [0.1, 0.15) is 40.1 Å². The molecule has 2 aromatic carbocycles. The lowest BCUT2D eigenvalue weighted by molar-refractivity contribution is -0.187. The highest BCUT2D eigenvalue weighted by Gasteiger charge is 2.40. The summed E-state index contributed by atoms with van der Waals surface area (Å²) in [6, 6.07) is 15.7. The monoisotopic (exact) mass is 353 g/mol. The zero-order chi connectivity index (χ0) is 18.7. The van der Waals surface area contributed by atoms with Crippen LogP contribution in [0.15, 0.2) is 54.6 Å². The summed E-state index contributed by atoms with van der Waals surface area (Å²) in [5.74, 6) is -2.07. The van der Waals surface area contributed by atoms with Gasteiger partial charge in [0.1, 0.15) is 6.61 Å². The summed E-state index contributed by atoms with van der Waals surface area (Å²) in [4.78, 5) is 42.7. The number of carbonyl (C=O) groups is 3. The summed E-state index contributed by atoms with van der Waals surface area (Å²) in [7, 11) is 0. The summed E-state index contributed by atoms with van der Waals surface area (Å²) < 4.78 is 5.30. The van der Waals surface area contributed by atoms with Crippen molar-refractivity contribution in [2.45, 2.75) is 26.6 Å². The van der Waals surface area contributed by atoms with Crippen molar-refractivity contribution < 1.29 is 24.0 Å². The number of amides is 2. The first-order valence-corrected chi connectivity index (χ1v) is 8.34. The third kappa shape index (κ3) is 3.50. The molecule has 0 N–H and O–H groups in total. The van der Waals surface area contributed by atoms with Crippen LogP contribution in [-0.4, -0.2) is 29.0 Å². The normalized spacial score (nSPS) is 14.5. The van der Waals surface area contributed by atoms with Crippen LogP contribution in [0, 0.1) is 5.92 Å². The summed E-state index contributed by atoms with van der Waals surface area (Å²) in [6.45, 7) is 3.60. The van der Waals surface area contributed by atoms with Crippen LogP contribution in [0.3, 0.4) is 0 Å². The topological polar surface area (TPSA) is 72.9 Å². The molecule has 1 atom stereocenters. The molecule has 0 aromatic heterocycles. The molecule has 134 valence electrons. The molecular formula is C20H19NO5. The zero-order valence-electron chi connectivity index (χ0n) is 14.5. The fourth-order valence-corrected chi connectivity index (χ4v) is 2.62. The maximum absolute atomic E-state index is 12.4. The zero-order valence-corrected chi connectivity index (χ0v) is 14.5. The number of ether oxygens (including phenoxy) is 1. The van der Waals surface area contributed by atoms with Gasteiger partial charge in [-0.2, -0.15) is 0 Å². The number of rotatable bonds is 6. The molecule has 2 amide bonds. The Morgan fingerprint density at radius 1 is 0.923 bits per heavy atom. The van der Waals surface area contributed by atoms with Crippen molar-refractivity contribution in [3.8, 4) is 0 Å². The van der Waals surface area contributed by atoms with Gasteiger partial charge >= 0.3 is 5.97 Å². The molecule has 1 aliphatic heterocycles. The van der Waals surface area contributed by atoms with Crippen LogP contribution < -0.4 is 0 Å². The van der Waals surface area contributed by atoms with E-state index < -0.39 is 23.9 Å². The fraction of sp³-hybridized carbons (Fsp3) is 0.250. The van der Waals surface area contributed by atoms with Crippen LogP contribution in [-0.2, 0) is 21.0 Å². The fourth-order valence-electron chi connectivity index (χ4n) is 2.62. The van der Waals surface area contributed by atoms with E-state index in [1.165, 1.54) is 0 Å². The first kappa shape index (κ1) is 17.8. The van der Waals surface area contributed by atoms with E-state index in [1.807, 2.05) is 30.3 Å². The highest BCUT2D eigenvalue weighted by Crippen LogP contribution is 2.25. The second kappa shape index (κ2) is 7.49. The first-order chi connectivity index (χ1) is 12.5. The van der Waals surface area contributed by atoms with Crippen LogP contribution in [0.4, 0.5) is 0 Å². The van der Waals surface area contributed by atoms with Crippen LogP contribution in [0.25, 0.3) is 0 Å². The number of imide groups is 1. The van der Waals surface area contributed by atoms with Gasteiger partial charge in [-0.25, -0.2) is 9.63 Å². The Morgan fingerprint density at radius 3 is 2.00 bits per heavy atom. The van der Waals surface area contributed by atoms with E-state index in [9.17, 15) is 14.4 Å². The van der Waals surface area contributed by atoms with E-state index in [0.717, 1.165) is 5.56 Å². The van der Waals surface area contributed by atoms with Crippen LogP contribution >= 0.6 is 0 Å². The van der Waals surface area contributed by atoms with E-state index in [1.54, 1.807) is 38.1 Å². The molecule has 0 bridgehead atoms. The Balaban J connectivity index is 1.70. The van der Waals surface area contributed by atoms with E-state index >= 15 is 0 Å². The standard InChI is InChI=1S/C20H19NO5/c1-13(2)17(20(24)25-12-14-8-4-3-5-9-14)26-21-18(22)15-10-6-7-11-16(15)19(21)23/h3-11,13,17H,12H2,1-2H3/t17-/m1/s1. The highest BCUT2D eigenvalue weighted by molar-refractivity contribution is 6.20. The van der Waals surface area contributed by atoms with Crippen molar-refractivity contribution in [1.29, 1.82) is 0 Å². The number of fused-ring (bicyclic) bond motifs is 1. The summed E-state index contributed by atoms with van der Waals surface area (Å²) >= 11 is 0. The third-order valence-electron chi connectivity index (χ3n) is 4.04. The summed E-state index contributed by atoms with van der Waals surface area (Å²) in [5, 5.41) is 0.652. The lowest BCUT2D eigenvalue weighted by Crippen LogP contribution is -2.41. The molecule has 6 heteroatoms. The van der Waals surface area contributed by atoms with Crippen molar-refractivity contribution >= 4 is 17.8 Å². The van der Waals surface area contributed by atoms with E-state index in [0.29, 0.717) is 5.06 Å². The average Bonchev–Trinajstić information content (AvgIpc) is 2.89. The van der Waals surface area contributed by atoms with Gasteiger partial charge in [0, 0.05) is 0 Å². The molecule has 26 heavy (non-hydrogen) atoms. The number of carbonyl (C=O) groups excluding carboxylic acids is 3. The van der Waals surface area contributed by atoms with Crippen LogP contribution in [0.5, 0.6) is 0 Å². The maximum atomic E-state index is 12.4. The van der Waals surface area contributed by atoms with Crippen molar-refractivity contribution in [1.82, 2.24) is 5.06 Å². The van der Waals surface area contributed by atoms with Crippen molar-refractivity contribution in [3.63, 3.8) is 0 Å². The molecule has 0 fully saturated rings. The number of hydrogen-bond donors (Lipinski definition) is 0. The Kier molecular flexibility index (Phi) is 5.14. The lowest BCUT2D eigenvalue weighted by atomic mass is 10.1. The van der Waals surface area contributed by atoms with E-state index in [4.69, 9.17) is 9.57 Å². The maximum Gasteiger partial charge on any atom is 0.338 e. The predicted molar refractivity (Wildman–Crippen MR) is 92.9 cm³/mol. The smallest absolute Gasteiger partial charge is 0.338 e. The number of benzene rings is 2. The van der Waals surface area contributed by atoms with Gasteiger partial charge in [-0.1, -0.05) is 56.3 Å². The van der Waals surface area contributed by atoms with Crippen LogP contribution in [0.2, 0.25) is 0 Å². The molecular weight excluding hydrogens is 334 g/mol. The number of hydroxylamine groups is 2. The minimum absolute atomic E-state index is 0.0916. The molecule has 0 aliphatic carbocycles. The van der Waals surface area contributed by atoms with Gasteiger partial charge in [-0.05, 0) is 23.6 Å². The second-order valence-electron chi connectivity index (χ2n) is 6.31. The minimum atomic E-state index is -1.07. The molecule has 0 spiro atoms. The number of nitrogens with zero attached hydrogens (tertiary/aromatic N) is 1. The molecule has 0 unspecified atom stereocenters. The molecule has 3 rings (SSSR count). The summed E-state index contributed by atoms with van der Waals surface area (Å²) in [5.41, 5.74) is 1.36. The number of hydrogen-bond acceptors (Lipinski definition) is 5. The second-order valence-corrected chi connectivity index (χ2v) is 6.31. The van der Waals surface area contributed by atoms with Gasteiger partial charge in [-0.3, -0.25) is 9.59 Å². The van der Waals surface area contributed by atoms with Crippen molar-refractivity contribution in [2.24, 2.45) is 5.92 Å². The van der Waals surface area contributed by atoms with Crippen molar-refractivity contribution in [3.05, 3.63) is 71.3 Å². The third-order valence-corrected chi connectivity index (χ3v) is 4.04. The lowest BCUT2D eigenvalue weighted by Gasteiger charge is -2.23. The van der Waals surface area contributed by atoms with Gasteiger partial charge < -0.3 is 4.74 Å². The molecule has 1 aliphatic rings. The Bertz CT molecular complexity index is 796. The Labute approximate surface area is 151 Å².